The third-order valence-electron chi connectivity index (χ3n) is 6.81. The van der Waals surface area contributed by atoms with E-state index >= 15 is 0 Å². The molecule has 0 amide bonds. The molecule has 2 heterocycles. The molecule has 5 heteroatoms. The van der Waals surface area contributed by atoms with Crippen LogP contribution in [0.4, 0.5) is 0 Å². The molecule has 3 aliphatic rings. The number of carbonyl (C=O) groups is 1. The Balaban J connectivity index is 1.43. The van der Waals surface area contributed by atoms with E-state index in [9.17, 15) is 15.0 Å². The summed E-state index contributed by atoms with van der Waals surface area (Å²) in [5.41, 5.74) is -0.00635. The van der Waals surface area contributed by atoms with E-state index in [0.717, 1.165) is 38.3 Å². The van der Waals surface area contributed by atoms with Crippen LogP contribution in [0.2, 0.25) is 0 Å². The van der Waals surface area contributed by atoms with E-state index in [1.165, 1.54) is 25.1 Å². The summed E-state index contributed by atoms with van der Waals surface area (Å²) in [4.78, 5) is 18.7. The Morgan fingerprint density at radius 3 is 2.40 bits per heavy atom. The van der Waals surface area contributed by atoms with Gasteiger partial charge in [0.2, 0.25) is 0 Å². The van der Waals surface area contributed by atoms with E-state index in [1.807, 2.05) is 0 Å². The molecule has 136 valence electrons. The van der Waals surface area contributed by atoms with E-state index < -0.39 is 5.60 Å². The largest absolute Gasteiger partial charge is 0.506 e. The number of pyridine rings is 1. The second-order valence-electron chi connectivity index (χ2n) is 9.32. The average Bonchev–Trinajstić information content (AvgIpc) is 3.21. The fourth-order valence-corrected chi connectivity index (χ4v) is 5.43. The van der Waals surface area contributed by atoms with E-state index in [4.69, 9.17) is 0 Å². The van der Waals surface area contributed by atoms with E-state index in [1.54, 1.807) is 6.07 Å². The highest BCUT2D eigenvalue weighted by molar-refractivity contribution is 5.95. The van der Waals surface area contributed by atoms with E-state index in [0.29, 0.717) is 12.2 Å². The zero-order valence-electron chi connectivity index (χ0n) is 15.2. The fourth-order valence-electron chi connectivity index (χ4n) is 5.43. The fraction of sp³-hybridized carbons (Fsp3) is 0.700. The Bertz CT molecular complexity index is 665. The first-order valence-corrected chi connectivity index (χ1v) is 9.33. The Kier molecular flexibility index (Phi) is 3.75. The highest BCUT2D eigenvalue weighted by Crippen LogP contribution is 2.62. The van der Waals surface area contributed by atoms with Crippen molar-refractivity contribution in [1.82, 2.24) is 9.88 Å². The van der Waals surface area contributed by atoms with Crippen LogP contribution in [0.5, 0.6) is 5.75 Å². The van der Waals surface area contributed by atoms with Gasteiger partial charge in [-0.2, -0.15) is 0 Å². The molecule has 2 unspecified atom stereocenters. The van der Waals surface area contributed by atoms with Gasteiger partial charge in [0.05, 0.1) is 18.3 Å². The lowest BCUT2D eigenvalue weighted by atomic mass is 9.71. The van der Waals surface area contributed by atoms with Gasteiger partial charge in [0.1, 0.15) is 11.4 Å². The van der Waals surface area contributed by atoms with Crippen LogP contribution in [0.15, 0.2) is 18.3 Å². The van der Waals surface area contributed by atoms with Crippen LogP contribution in [0, 0.1) is 16.7 Å². The summed E-state index contributed by atoms with van der Waals surface area (Å²) in [7, 11) is 0. The summed E-state index contributed by atoms with van der Waals surface area (Å²) in [5, 5.41) is 20.4. The number of hydrogen-bond acceptors (Lipinski definition) is 5. The lowest BCUT2D eigenvalue weighted by molar-refractivity contribution is 0.0128. The predicted molar refractivity (Wildman–Crippen MR) is 94.4 cm³/mol. The Morgan fingerprint density at radius 2 is 1.88 bits per heavy atom. The molecule has 2 N–H and O–H groups in total. The zero-order valence-corrected chi connectivity index (χ0v) is 15.2. The summed E-state index contributed by atoms with van der Waals surface area (Å²) < 4.78 is 0. The first-order valence-electron chi connectivity index (χ1n) is 9.33. The molecule has 4 rings (SSSR count). The molecule has 2 atom stereocenters. The number of aromatic nitrogens is 1. The van der Waals surface area contributed by atoms with Crippen molar-refractivity contribution in [3.8, 4) is 5.75 Å². The van der Waals surface area contributed by atoms with Gasteiger partial charge < -0.3 is 10.2 Å². The smallest absolute Gasteiger partial charge is 0.195 e. The Labute approximate surface area is 149 Å². The summed E-state index contributed by atoms with van der Waals surface area (Å²) >= 11 is 0. The van der Waals surface area contributed by atoms with Gasteiger partial charge in [-0.1, -0.05) is 26.7 Å². The SMILES string of the molecule is CC12CN(CC(=O)c3ccc(O)cn3)CC1(C)CC(O)(CC1CC1)C2. The molecular weight excluding hydrogens is 316 g/mol. The van der Waals surface area contributed by atoms with Crippen LogP contribution in [-0.4, -0.2) is 51.1 Å². The molecule has 2 saturated carbocycles. The van der Waals surface area contributed by atoms with Crippen LogP contribution in [0.3, 0.4) is 0 Å². The molecule has 25 heavy (non-hydrogen) atoms. The molecule has 1 saturated heterocycles. The number of aliphatic hydroxyl groups is 1. The maximum Gasteiger partial charge on any atom is 0.195 e. The number of likely N-dealkylation sites (tertiary alicyclic amines) is 1. The third-order valence-corrected chi connectivity index (χ3v) is 6.81. The van der Waals surface area contributed by atoms with Gasteiger partial charge >= 0.3 is 0 Å². The third kappa shape index (κ3) is 3.08. The predicted octanol–water partition coefficient (Wildman–Crippen LogP) is 2.62. The van der Waals surface area contributed by atoms with Crippen LogP contribution >= 0.6 is 0 Å². The molecule has 1 aliphatic heterocycles. The van der Waals surface area contributed by atoms with E-state index in [2.05, 4.69) is 23.7 Å². The summed E-state index contributed by atoms with van der Waals surface area (Å²) in [6.07, 6.45) is 6.50. The maximum atomic E-state index is 12.5. The first kappa shape index (κ1) is 17.0. The van der Waals surface area contributed by atoms with Crippen molar-refractivity contribution in [1.29, 1.82) is 0 Å². The van der Waals surface area contributed by atoms with Gasteiger partial charge in [0.25, 0.3) is 0 Å². The second-order valence-corrected chi connectivity index (χ2v) is 9.32. The number of Topliss-reactive ketones (excluding diaryl/α,β-unsaturated/α-hetero) is 1. The van der Waals surface area contributed by atoms with Crippen molar-refractivity contribution in [2.75, 3.05) is 19.6 Å². The van der Waals surface area contributed by atoms with Crippen molar-refractivity contribution in [2.24, 2.45) is 16.7 Å². The lowest BCUT2D eigenvalue weighted by Gasteiger charge is -2.32. The van der Waals surface area contributed by atoms with Crippen LogP contribution in [-0.2, 0) is 0 Å². The minimum absolute atomic E-state index is 0.0135. The van der Waals surface area contributed by atoms with Gasteiger partial charge in [0, 0.05) is 13.1 Å². The molecule has 0 radical (unpaired) electrons. The van der Waals surface area contributed by atoms with Gasteiger partial charge in [-0.15, -0.1) is 0 Å². The van der Waals surface area contributed by atoms with Crippen molar-refractivity contribution in [3.63, 3.8) is 0 Å². The number of ketones is 1. The number of rotatable bonds is 5. The Morgan fingerprint density at radius 1 is 1.24 bits per heavy atom. The van der Waals surface area contributed by atoms with Crippen molar-refractivity contribution < 1.29 is 15.0 Å². The standard InChI is InChI=1S/C20H28N2O3/c1-18-10-20(25,7-14-3-4-14)11-19(18,2)13-22(12-18)9-17(24)16-6-5-15(23)8-21-16/h5-6,8,14,23,25H,3-4,7,9-13H2,1-2H3. The minimum atomic E-state index is -0.515. The number of aromatic hydroxyl groups is 1. The first-order chi connectivity index (χ1) is 11.7. The average molecular weight is 344 g/mol. The molecule has 0 aromatic carbocycles. The van der Waals surface area contributed by atoms with Crippen LogP contribution in [0.1, 0.15) is 56.4 Å². The summed E-state index contributed by atoms with van der Waals surface area (Å²) in [5.74, 6) is 0.789. The van der Waals surface area contributed by atoms with Gasteiger partial charge in [-0.3, -0.25) is 9.69 Å². The maximum absolute atomic E-state index is 12.5. The molecule has 2 aliphatic carbocycles. The topological polar surface area (TPSA) is 73.7 Å². The van der Waals surface area contributed by atoms with Crippen LogP contribution < -0.4 is 0 Å². The summed E-state index contributed by atoms with van der Waals surface area (Å²) in [6.45, 7) is 6.60. The molecule has 5 nitrogen and oxygen atoms in total. The highest BCUT2D eigenvalue weighted by atomic mass is 16.3. The number of carbonyl (C=O) groups excluding carboxylic acids is 1. The monoisotopic (exact) mass is 344 g/mol. The Hall–Kier alpha value is -1.46. The van der Waals surface area contributed by atoms with E-state index in [-0.39, 0.29) is 22.4 Å². The van der Waals surface area contributed by atoms with Crippen LogP contribution in [0.25, 0.3) is 0 Å². The van der Waals surface area contributed by atoms with Gasteiger partial charge in [0.15, 0.2) is 5.78 Å². The molecule has 3 fully saturated rings. The molecule has 1 aromatic heterocycles. The molecule has 0 bridgehead atoms. The number of hydrogen-bond donors (Lipinski definition) is 2. The van der Waals surface area contributed by atoms with Crippen molar-refractivity contribution >= 4 is 5.78 Å². The minimum Gasteiger partial charge on any atom is -0.506 e. The highest BCUT2D eigenvalue weighted by Gasteiger charge is 2.62. The second kappa shape index (κ2) is 5.52. The van der Waals surface area contributed by atoms with Gasteiger partial charge in [-0.25, -0.2) is 4.98 Å². The van der Waals surface area contributed by atoms with Crippen molar-refractivity contribution in [2.45, 2.75) is 51.6 Å². The van der Waals surface area contributed by atoms with Gasteiger partial charge in [-0.05, 0) is 48.1 Å². The number of nitrogens with zero attached hydrogens (tertiary/aromatic N) is 2. The quantitative estimate of drug-likeness (QED) is 0.803. The normalized spacial score (nSPS) is 38.0. The number of fused-ring (bicyclic) bond motifs is 1. The summed E-state index contributed by atoms with van der Waals surface area (Å²) in [6, 6.07) is 3.08. The zero-order chi connectivity index (χ0) is 17.9. The molecule has 1 aromatic rings. The van der Waals surface area contributed by atoms with Crippen molar-refractivity contribution in [3.05, 3.63) is 24.0 Å². The molecule has 0 spiro atoms. The lowest BCUT2D eigenvalue weighted by Crippen LogP contribution is -2.35. The molecular formula is C20H28N2O3.